The molecule has 0 atom stereocenters. The summed E-state index contributed by atoms with van der Waals surface area (Å²) in [4.78, 5) is 8.31. The number of nitrogens with one attached hydrogen (secondary N) is 2. The van der Waals surface area contributed by atoms with Crippen LogP contribution in [0.2, 0.25) is 0 Å². The van der Waals surface area contributed by atoms with Gasteiger partial charge in [0, 0.05) is 17.5 Å². The number of rotatable bonds is 2. The Morgan fingerprint density at radius 3 is 2.47 bits per heavy atom. The maximum absolute atomic E-state index is 4.81. The molecule has 2 aliphatic rings. The maximum atomic E-state index is 4.81. The van der Waals surface area contributed by atoms with Crippen LogP contribution in [0.15, 0.2) is 0 Å². The van der Waals surface area contributed by atoms with E-state index in [0.717, 1.165) is 19.0 Å². The third kappa shape index (κ3) is 1.81. The van der Waals surface area contributed by atoms with Crippen molar-refractivity contribution < 1.29 is 0 Å². The Bertz CT molecular complexity index is 346. The molecule has 1 saturated carbocycles. The molecule has 1 aromatic rings. The van der Waals surface area contributed by atoms with E-state index in [4.69, 9.17) is 4.98 Å². The van der Waals surface area contributed by atoms with E-state index in [1.807, 2.05) is 0 Å². The lowest BCUT2D eigenvalue weighted by molar-refractivity contribution is 0.446. The lowest BCUT2D eigenvalue weighted by atomic mass is 9.98. The van der Waals surface area contributed by atoms with Crippen molar-refractivity contribution in [2.45, 2.75) is 44.4 Å². The van der Waals surface area contributed by atoms with Crippen LogP contribution >= 0.6 is 0 Å². The molecule has 2 N–H and O–H groups in total. The number of H-pyrrole nitrogens is 1. The van der Waals surface area contributed by atoms with Gasteiger partial charge >= 0.3 is 0 Å². The molecule has 0 bridgehead atoms. The Kier molecular flexibility index (Phi) is 2.28. The van der Waals surface area contributed by atoms with Crippen LogP contribution in [0.4, 0.5) is 0 Å². The van der Waals surface area contributed by atoms with Crippen LogP contribution < -0.4 is 5.32 Å². The minimum atomic E-state index is 0.664. The number of piperidine rings is 1. The second-order valence-corrected chi connectivity index (χ2v) is 4.93. The topological polar surface area (TPSA) is 40.7 Å². The fraction of sp³-hybridized carbons (Fsp3) is 0.750. The van der Waals surface area contributed by atoms with Crippen molar-refractivity contribution in [3.63, 3.8) is 0 Å². The fourth-order valence-electron chi connectivity index (χ4n) is 2.54. The molecule has 0 radical (unpaired) electrons. The van der Waals surface area contributed by atoms with E-state index in [1.54, 1.807) is 0 Å². The zero-order valence-corrected chi connectivity index (χ0v) is 9.34. The highest BCUT2D eigenvalue weighted by Crippen LogP contribution is 2.41. The van der Waals surface area contributed by atoms with Crippen molar-refractivity contribution in [3.8, 4) is 0 Å². The SMILES string of the molecule is Cc1[nH]c(C2CCNCC2)nc1C1CC1. The van der Waals surface area contributed by atoms with E-state index >= 15 is 0 Å². The predicted octanol–water partition coefficient (Wildman–Crippen LogP) is 2.06. The van der Waals surface area contributed by atoms with Crippen LogP contribution in [0.25, 0.3) is 0 Å². The van der Waals surface area contributed by atoms with Gasteiger partial charge in [-0.2, -0.15) is 0 Å². The van der Waals surface area contributed by atoms with Crippen LogP contribution in [0.1, 0.15) is 54.7 Å². The zero-order valence-electron chi connectivity index (χ0n) is 9.34. The highest BCUT2D eigenvalue weighted by Gasteiger charge is 2.29. The molecule has 2 fully saturated rings. The number of nitrogens with zero attached hydrogens (tertiary/aromatic N) is 1. The van der Waals surface area contributed by atoms with Crippen molar-refractivity contribution in [2.75, 3.05) is 13.1 Å². The van der Waals surface area contributed by atoms with Crippen LogP contribution in [-0.2, 0) is 0 Å². The third-order valence-electron chi connectivity index (χ3n) is 3.63. The molecule has 0 aromatic carbocycles. The van der Waals surface area contributed by atoms with Gasteiger partial charge in [-0.1, -0.05) is 0 Å². The molecular weight excluding hydrogens is 186 g/mol. The molecule has 3 nitrogen and oxygen atoms in total. The van der Waals surface area contributed by atoms with Crippen LogP contribution in [-0.4, -0.2) is 23.1 Å². The first-order chi connectivity index (χ1) is 7.34. The minimum absolute atomic E-state index is 0.664. The summed E-state index contributed by atoms with van der Waals surface area (Å²) < 4.78 is 0. The number of aryl methyl sites for hydroxylation is 1. The monoisotopic (exact) mass is 205 g/mol. The second-order valence-electron chi connectivity index (χ2n) is 4.93. The number of imidazole rings is 1. The van der Waals surface area contributed by atoms with Crippen molar-refractivity contribution >= 4 is 0 Å². The van der Waals surface area contributed by atoms with Gasteiger partial charge in [0.2, 0.25) is 0 Å². The van der Waals surface area contributed by atoms with E-state index in [9.17, 15) is 0 Å². The summed E-state index contributed by atoms with van der Waals surface area (Å²) >= 11 is 0. The Morgan fingerprint density at radius 2 is 1.80 bits per heavy atom. The van der Waals surface area contributed by atoms with Crippen molar-refractivity contribution in [1.82, 2.24) is 15.3 Å². The summed E-state index contributed by atoms with van der Waals surface area (Å²) in [6, 6.07) is 0. The summed E-state index contributed by atoms with van der Waals surface area (Å²) in [7, 11) is 0. The molecule has 15 heavy (non-hydrogen) atoms. The van der Waals surface area contributed by atoms with Crippen molar-refractivity contribution in [1.29, 1.82) is 0 Å². The standard InChI is InChI=1S/C12H19N3/c1-8-11(9-2-3-9)15-12(14-8)10-4-6-13-7-5-10/h9-10,13H,2-7H2,1H3,(H,14,15). The first-order valence-electron chi connectivity index (χ1n) is 6.11. The van der Waals surface area contributed by atoms with Gasteiger partial charge in [-0.3, -0.25) is 0 Å². The molecular formula is C12H19N3. The number of hydrogen-bond acceptors (Lipinski definition) is 2. The van der Waals surface area contributed by atoms with Gasteiger partial charge in [-0.25, -0.2) is 4.98 Å². The highest BCUT2D eigenvalue weighted by molar-refractivity contribution is 5.23. The zero-order chi connectivity index (χ0) is 10.3. The highest BCUT2D eigenvalue weighted by atomic mass is 15.0. The van der Waals surface area contributed by atoms with Crippen LogP contribution in [0, 0.1) is 6.92 Å². The first kappa shape index (κ1) is 9.40. The number of hydrogen-bond donors (Lipinski definition) is 2. The molecule has 0 unspecified atom stereocenters. The molecule has 3 rings (SSSR count). The maximum Gasteiger partial charge on any atom is 0.109 e. The fourth-order valence-corrected chi connectivity index (χ4v) is 2.54. The number of aromatic amines is 1. The Hall–Kier alpha value is -0.830. The van der Waals surface area contributed by atoms with E-state index in [2.05, 4.69) is 17.2 Å². The smallest absolute Gasteiger partial charge is 0.109 e. The van der Waals surface area contributed by atoms with Gasteiger partial charge in [0.1, 0.15) is 5.82 Å². The summed E-state index contributed by atoms with van der Waals surface area (Å²) in [6.07, 6.45) is 5.16. The second kappa shape index (κ2) is 3.63. The summed E-state index contributed by atoms with van der Waals surface area (Å²) in [5, 5.41) is 3.40. The van der Waals surface area contributed by atoms with Crippen LogP contribution in [0.5, 0.6) is 0 Å². The van der Waals surface area contributed by atoms with E-state index in [1.165, 1.54) is 42.9 Å². The van der Waals surface area contributed by atoms with Crippen molar-refractivity contribution in [2.24, 2.45) is 0 Å². The Balaban J connectivity index is 1.81. The Morgan fingerprint density at radius 1 is 1.07 bits per heavy atom. The summed E-state index contributed by atoms with van der Waals surface area (Å²) in [5.74, 6) is 2.69. The molecule has 1 aliphatic heterocycles. The molecule has 0 amide bonds. The van der Waals surface area contributed by atoms with E-state index < -0.39 is 0 Å². The van der Waals surface area contributed by atoms with E-state index in [0.29, 0.717) is 5.92 Å². The van der Waals surface area contributed by atoms with Gasteiger partial charge < -0.3 is 10.3 Å². The van der Waals surface area contributed by atoms with Gasteiger partial charge in [-0.05, 0) is 45.7 Å². The predicted molar refractivity (Wildman–Crippen MR) is 60.1 cm³/mol. The molecule has 1 saturated heterocycles. The average molecular weight is 205 g/mol. The summed E-state index contributed by atoms with van der Waals surface area (Å²) in [5.41, 5.74) is 2.66. The van der Waals surface area contributed by atoms with Crippen LogP contribution in [0.3, 0.4) is 0 Å². The minimum Gasteiger partial charge on any atom is -0.346 e. The lowest BCUT2D eigenvalue weighted by Crippen LogP contribution is -2.27. The largest absolute Gasteiger partial charge is 0.346 e. The van der Waals surface area contributed by atoms with Gasteiger partial charge in [0.05, 0.1) is 5.69 Å². The molecule has 82 valence electrons. The van der Waals surface area contributed by atoms with E-state index in [-0.39, 0.29) is 0 Å². The lowest BCUT2D eigenvalue weighted by Gasteiger charge is -2.20. The number of aromatic nitrogens is 2. The quantitative estimate of drug-likeness (QED) is 0.776. The molecule has 1 aromatic heterocycles. The molecule has 3 heteroatoms. The normalized spacial score (nSPS) is 23.3. The van der Waals surface area contributed by atoms with Gasteiger partial charge in [0.25, 0.3) is 0 Å². The molecule has 1 aliphatic carbocycles. The molecule has 0 spiro atoms. The molecule has 2 heterocycles. The average Bonchev–Trinajstić information content (AvgIpc) is 3.04. The summed E-state index contributed by atoms with van der Waals surface area (Å²) in [6.45, 7) is 4.46. The third-order valence-corrected chi connectivity index (χ3v) is 3.63. The van der Waals surface area contributed by atoms with Gasteiger partial charge in [0.15, 0.2) is 0 Å². The Labute approximate surface area is 90.7 Å². The first-order valence-corrected chi connectivity index (χ1v) is 6.11. The van der Waals surface area contributed by atoms with Crippen molar-refractivity contribution in [3.05, 3.63) is 17.2 Å². The van der Waals surface area contributed by atoms with Gasteiger partial charge in [-0.15, -0.1) is 0 Å².